The molecule has 7 heteroatoms. The molecule has 0 aliphatic carbocycles. The first-order valence-electron chi connectivity index (χ1n) is 7.72. The van der Waals surface area contributed by atoms with Crippen LogP contribution in [0.4, 0.5) is 10.1 Å². The molecule has 1 N–H and O–H groups in total. The molecule has 0 atom stereocenters. The lowest BCUT2D eigenvalue weighted by molar-refractivity contribution is 0.0695. The molecular weight excluding hydrogens is 313 g/mol. The highest BCUT2D eigenvalue weighted by atomic mass is 19.1. The summed E-state index contributed by atoms with van der Waals surface area (Å²) in [5.74, 6) is -1.84. The smallest absolute Gasteiger partial charge is 0.341 e. The second-order valence-corrected chi connectivity index (χ2v) is 5.99. The van der Waals surface area contributed by atoms with Gasteiger partial charge in [-0.05, 0) is 33.2 Å². The first-order valence-corrected chi connectivity index (χ1v) is 7.72. The zero-order valence-electron chi connectivity index (χ0n) is 14.3. The normalized spacial score (nSPS) is 11.2. The van der Waals surface area contributed by atoms with Crippen LogP contribution in [0.25, 0.3) is 10.9 Å². The van der Waals surface area contributed by atoms with Crippen molar-refractivity contribution in [1.29, 1.82) is 0 Å². The van der Waals surface area contributed by atoms with E-state index in [0.717, 1.165) is 12.6 Å². The molecule has 0 saturated carbocycles. The Morgan fingerprint density at radius 3 is 2.50 bits per heavy atom. The Labute approximate surface area is 139 Å². The Bertz CT molecular complexity index is 830. The van der Waals surface area contributed by atoms with Gasteiger partial charge in [-0.1, -0.05) is 0 Å². The minimum Gasteiger partial charge on any atom is -0.477 e. The second kappa shape index (κ2) is 7.00. The number of hydrogen-bond acceptors (Lipinski definition) is 4. The number of anilines is 1. The Kier molecular flexibility index (Phi) is 5.23. The largest absolute Gasteiger partial charge is 0.477 e. The average molecular weight is 335 g/mol. The maximum Gasteiger partial charge on any atom is 0.341 e. The van der Waals surface area contributed by atoms with Crippen molar-refractivity contribution in [1.82, 2.24) is 9.47 Å². The number of carboxylic acids is 1. The molecule has 2 rings (SSSR count). The predicted molar refractivity (Wildman–Crippen MR) is 92.5 cm³/mol. The molecule has 0 spiro atoms. The van der Waals surface area contributed by atoms with Crippen LogP contribution in [0.5, 0.6) is 0 Å². The molecule has 6 nitrogen and oxygen atoms in total. The molecule has 0 aliphatic rings. The van der Waals surface area contributed by atoms with Gasteiger partial charge in [0.25, 0.3) is 0 Å². The molecular formula is C17H22FN3O3. The van der Waals surface area contributed by atoms with Crippen molar-refractivity contribution < 1.29 is 14.3 Å². The van der Waals surface area contributed by atoms with Gasteiger partial charge in [-0.25, -0.2) is 9.18 Å². The second-order valence-electron chi connectivity index (χ2n) is 5.99. The third-order valence-corrected chi connectivity index (χ3v) is 4.03. The number of aromatic carboxylic acids is 1. The number of benzene rings is 1. The summed E-state index contributed by atoms with van der Waals surface area (Å²) >= 11 is 0. The van der Waals surface area contributed by atoms with E-state index >= 15 is 0 Å². The van der Waals surface area contributed by atoms with Crippen molar-refractivity contribution in [3.05, 3.63) is 39.9 Å². The van der Waals surface area contributed by atoms with Crippen LogP contribution in [0.2, 0.25) is 0 Å². The van der Waals surface area contributed by atoms with E-state index in [2.05, 4.69) is 0 Å². The van der Waals surface area contributed by atoms with Gasteiger partial charge < -0.3 is 19.5 Å². The predicted octanol–water partition coefficient (Wildman–Crippen LogP) is 1.76. The molecule has 0 unspecified atom stereocenters. The average Bonchev–Trinajstić information content (AvgIpc) is 2.51. The number of rotatable bonds is 6. The standard InChI is InChI=1S/C17H22FN3O3/c1-5-21(7-6-19(2)3)15-9-14-11(8-13(15)18)16(22)12(17(23)24)10-20(14)4/h8-10H,5-7H2,1-4H3,(H,23,24). The number of hydrogen-bond donors (Lipinski definition) is 1. The number of pyridine rings is 1. The van der Waals surface area contributed by atoms with Crippen molar-refractivity contribution in [2.45, 2.75) is 6.92 Å². The Morgan fingerprint density at radius 1 is 1.29 bits per heavy atom. The number of halogens is 1. The fourth-order valence-corrected chi connectivity index (χ4v) is 2.66. The highest BCUT2D eigenvalue weighted by molar-refractivity contribution is 5.93. The van der Waals surface area contributed by atoms with Crippen LogP contribution in [0.15, 0.2) is 23.1 Å². The van der Waals surface area contributed by atoms with Crippen molar-refractivity contribution in [2.75, 3.05) is 38.6 Å². The van der Waals surface area contributed by atoms with Crippen LogP contribution in [-0.2, 0) is 7.05 Å². The van der Waals surface area contributed by atoms with E-state index in [0.29, 0.717) is 24.3 Å². The monoisotopic (exact) mass is 335 g/mol. The molecule has 0 radical (unpaired) electrons. The third kappa shape index (κ3) is 3.41. The molecule has 2 aromatic rings. The van der Waals surface area contributed by atoms with Gasteiger partial charge in [0.15, 0.2) is 0 Å². The first-order chi connectivity index (χ1) is 11.3. The molecule has 1 aromatic carbocycles. The van der Waals surface area contributed by atoms with E-state index in [1.54, 1.807) is 17.7 Å². The van der Waals surface area contributed by atoms with Crippen molar-refractivity contribution in [3.63, 3.8) is 0 Å². The summed E-state index contributed by atoms with van der Waals surface area (Å²) in [5, 5.41) is 9.17. The SMILES string of the molecule is CCN(CCN(C)C)c1cc2c(cc1F)c(=O)c(C(=O)O)cn2C. The van der Waals surface area contributed by atoms with E-state index in [1.807, 2.05) is 30.8 Å². The van der Waals surface area contributed by atoms with Crippen LogP contribution >= 0.6 is 0 Å². The topological polar surface area (TPSA) is 65.8 Å². The number of aromatic nitrogens is 1. The Morgan fingerprint density at radius 2 is 1.96 bits per heavy atom. The summed E-state index contributed by atoms with van der Waals surface area (Å²) in [7, 11) is 5.54. The summed E-state index contributed by atoms with van der Waals surface area (Å²) < 4.78 is 16.1. The Balaban J connectivity index is 2.61. The van der Waals surface area contributed by atoms with E-state index in [-0.39, 0.29) is 10.9 Å². The maximum absolute atomic E-state index is 14.6. The first kappa shape index (κ1) is 17.9. The lowest BCUT2D eigenvalue weighted by atomic mass is 10.1. The fourth-order valence-electron chi connectivity index (χ4n) is 2.66. The minimum atomic E-state index is -1.32. The quantitative estimate of drug-likeness (QED) is 0.871. The van der Waals surface area contributed by atoms with E-state index in [9.17, 15) is 14.0 Å². The van der Waals surface area contributed by atoms with Crippen molar-refractivity contribution >= 4 is 22.6 Å². The maximum atomic E-state index is 14.6. The molecule has 0 bridgehead atoms. The summed E-state index contributed by atoms with van der Waals surface area (Å²) in [6, 6.07) is 2.74. The number of nitrogens with zero attached hydrogens (tertiary/aromatic N) is 3. The van der Waals surface area contributed by atoms with E-state index in [4.69, 9.17) is 5.11 Å². The van der Waals surface area contributed by atoms with Gasteiger partial charge in [-0.3, -0.25) is 4.79 Å². The number of fused-ring (bicyclic) bond motifs is 1. The fraction of sp³-hybridized carbons (Fsp3) is 0.412. The summed E-state index contributed by atoms with van der Waals surface area (Å²) in [4.78, 5) is 27.3. The van der Waals surface area contributed by atoms with Crippen molar-refractivity contribution in [3.8, 4) is 0 Å². The molecule has 24 heavy (non-hydrogen) atoms. The van der Waals surface area contributed by atoms with E-state index < -0.39 is 17.2 Å². The summed E-state index contributed by atoms with van der Waals surface area (Å²) in [6.07, 6.45) is 1.27. The van der Waals surface area contributed by atoms with Gasteiger partial charge in [-0.2, -0.15) is 0 Å². The van der Waals surface area contributed by atoms with Gasteiger partial charge in [0.05, 0.1) is 11.2 Å². The summed E-state index contributed by atoms with van der Waals surface area (Å²) in [5.41, 5.74) is -0.121. The number of aryl methyl sites for hydroxylation is 1. The zero-order chi connectivity index (χ0) is 18.0. The zero-order valence-corrected chi connectivity index (χ0v) is 14.3. The van der Waals surface area contributed by atoms with Gasteiger partial charge >= 0.3 is 5.97 Å². The lowest BCUT2D eigenvalue weighted by Gasteiger charge is -2.26. The number of carbonyl (C=O) groups is 1. The highest BCUT2D eigenvalue weighted by Crippen LogP contribution is 2.24. The Hall–Kier alpha value is -2.41. The van der Waals surface area contributed by atoms with Crippen LogP contribution in [0, 0.1) is 5.82 Å². The number of carboxylic acid groups (broad SMARTS) is 1. The molecule has 0 saturated heterocycles. The van der Waals surface area contributed by atoms with Crippen LogP contribution < -0.4 is 10.3 Å². The molecule has 0 aliphatic heterocycles. The molecule has 1 aromatic heterocycles. The highest BCUT2D eigenvalue weighted by Gasteiger charge is 2.18. The van der Waals surface area contributed by atoms with Gasteiger partial charge in [-0.15, -0.1) is 0 Å². The lowest BCUT2D eigenvalue weighted by Crippen LogP contribution is -2.32. The van der Waals surface area contributed by atoms with Gasteiger partial charge in [0.2, 0.25) is 5.43 Å². The van der Waals surface area contributed by atoms with E-state index in [1.165, 1.54) is 6.20 Å². The molecule has 0 fully saturated rings. The van der Waals surface area contributed by atoms with Gasteiger partial charge in [0.1, 0.15) is 11.4 Å². The minimum absolute atomic E-state index is 0.0716. The molecule has 130 valence electrons. The summed E-state index contributed by atoms with van der Waals surface area (Å²) in [6.45, 7) is 3.97. The molecule has 1 heterocycles. The third-order valence-electron chi connectivity index (χ3n) is 4.03. The van der Waals surface area contributed by atoms with Gasteiger partial charge in [0, 0.05) is 38.3 Å². The van der Waals surface area contributed by atoms with Crippen LogP contribution in [0.3, 0.4) is 0 Å². The molecule has 0 amide bonds. The van der Waals surface area contributed by atoms with Crippen LogP contribution in [-0.4, -0.2) is 54.3 Å². The van der Waals surface area contributed by atoms with Crippen LogP contribution in [0.1, 0.15) is 17.3 Å². The van der Waals surface area contributed by atoms with Crippen molar-refractivity contribution in [2.24, 2.45) is 7.05 Å². The number of likely N-dealkylation sites (N-methyl/N-ethyl adjacent to an activating group) is 2.